The fourth-order valence-corrected chi connectivity index (χ4v) is 3.12. The Morgan fingerprint density at radius 3 is 2.59 bits per heavy atom. The standard InChI is InChI=1S/C18H19N7O2/c1-22-5-2-3-14(17(22)26)18(27)24-9-7-23(8-10-24)15-11-16(21-12-20-15)25-6-4-19-13-25/h2-6,11-13H,7-10H2,1H3. The van der Waals surface area contributed by atoms with E-state index < -0.39 is 0 Å². The van der Waals surface area contributed by atoms with E-state index in [4.69, 9.17) is 0 Å². The van der Waals surface area contributed by atoms with E-state index in [1.165, 1.54) is 10.9 Å². The number of imidazole rings is 1. The molecule has 1 fully saturated rings. The fraction of sp³-hybridized carbons (Fsp3) is 0.278. The second-order valence-electron chi connectivity index (χ2n) is 6.32. The van der Waals surface area contributed by atoms with Gasteiger partial charge in [-0.25, -0.2) is 15.0 Å². The molecule has 1 saturated heterocycles. The van der Waals surface area contributed by atoms with Crippen LogP contribution in [-0.4, -0.2) is 61.1 Å². The maximum absolute atomic E-state index is 12.7. The molecule has 1 aliphatic rings. The van der Waals surface area contributed by atoms with Crippen molar-refractivity contribution in [3.63, 3.8) is 0 Å². The van der Waals surface area contributed by atoms with Crippen LogP contribution in [0.15, 0.2) is 54.2 Å². The van der Waals surface area contributed by atoms with E-state index in [0.29, 0.717) is 26.2 Å². The van der Waals surface area contributed by atoms with E-state index >= 15 is 0 Å². The number of hydrogen-bond donors (Lipinski definition) is 0. The normalized spacial score (nSPS) is 14.4. The molecule has 3 aromatic rings. The Hall–Kier alpha value is -3.49. The van der Waals surface area contributed by atoms with Gasteiger partial charge in [-0.15, -0.1) is 0 Å². The monoisotopic (exact) mass is 365 g/mol. The van der Waals surface area contributed by atoms with Crippen molar-refractivity contribution in [2.45, 2.75) is 0 Å². The van der Waals surface area contributed by atoms with Gasteiger partial charge in [-0.1, -0.05) is 0 Å². The first-order chi connectivity index (χ1) is 13.1. The molecule has 27 heavy (non-hydrogen) atoms. The Morgan fingerprint density at radius 2 is 1.85 bits per heavy atom. The van der Waals surface area contributed by atoms with Crippen molar-refractivity contribution < 1.29 is 4.79 Å². The van der Waals surface area contributed by atoms with Gasteiger partial charge in [-0.3, -0.25) is 14.2 Å². The molecule has 1 aliphatic heterocycles. The van der Waals surface area contributed by atoms with Crippen LogP contribution in [-0.2, 0) is 7.05 Å². The molecule has 0 spiro atoms. The summed E-state index contributed by atoms with van der Waals surface area (Å²) in [6.07, 6.45) is 8.37. The molecular weight excluding hydrogens is 346 g/mol. The molecule has 0 radical (unpaired) electrons. The van der Waals surface area contributed by atoms with Gasteiger partial charge in [0.1, 0.15) is 29.9 Å². The van der Waals surface area contributed by atoms with Gasteiger partial charge in [0.05, 0.1) is 0 Å². The van der Waals surface area contributed by atoms with Gasteiger partial charge in [-0.05, 0) is 12.1 Å². The van der Waals surface area contributed by atoms with Gasteiger partial charge < -0.3 is 14.4 Å². The average molecular weight is 365 g/mol. The number of aryl methyl sites for hydroxylation is 1. The third kappa shape index (κ3) is 3.31. The van der Waals surface area contributed by atoms with Gasteiger partial charge in [-0.2, -0.15) is 0 Å². The maximum Gasteiger partial charge on any atom is 0.263 e. The quantitative estimate of drug-likeness (QED) is 0.664. The van der Waals surface area contributed by atoms with E-state index in [9.17, 15) is 9.59 Å². The molecule has 4 heterocycles. The van der Waals surface area contributed by atoms with E-state index in [1.807, 2.05) is 16.8 Å². The first kappa shape index (κ1) is 17.0. The highest BCUT2D eigenvalue weighted by atomic mass is 16.2. The van der Waals surface area contributed by atoms with Crippen LogP contribution in [0.25, 0.3) is 5.82 Å². The summed E-state index contributed by atoms with van der Waals surface area (Å²) in [7, 11) is 1.64. The minimum absolute atomic E-state index is 0.206. The first-order valence-corrected chi connectivity index (χ1v) is 8.64. The highest BCUT2D eigenvalue weighted by molar-refractivity contribution is 5.94. The number of rotatable bonds is 3. The van der Waals surface area contributed by atoms with Crippen LogP contribution in [0.1, 0.15) is 10.4 Å². The minimum Gasteiger partial charge on any atom is -0.353 e. The molecule has 3 aromatic heterocycles. The van der Waals surface area contributed by atoms with Gasteiger partial charge >= 0.3 is 0 Å². The van der Waals surface area contributed by atoms with Crippen molar-refractivity contribution in [2.75, 3.05) is 31.1 Å². The molecule has 0 aromatic carbocycles. The Kier molecular flexibility index (Phi) is 4.41. The van der Waals surface area contributed by atoms with Gasteiger partial charge in [0.25, 0.3) is 11.5 Å². The first-order valence-electron chi connectivity index (χ1n) is 8.64. The van der Waals surface area contributed by atoms with Crippen LogP contribution in [0, 0.1) is 0 Å². The zero-order chi connectivity index (χ0) is 18.8. The molecule has 0 bridgehead atoms. The highest BCUT2D eigenvalue weighted by Gasteiger charge is 2.24. The molecule has 9 nitrogen and oxygen atoms in total. The van der Waals surface area contributed by atoms with E-state index in [1.54, 1.807) is 42.8 Å². The average Bonchev–Trinajstić information content (AvgIpc) is 3.25. The van der Waals surface area contributed by atoms with E-state index in [0.717, 1.165) is 11.6 Å². The highest BCUT2D eigenvalue weighted by Crippen LogP contribution is 2.16. The van der Waals surface area contributed by atoms with Crippen molar-refractivity contribution >= 4 is 11.7 Å². The number of carbonyl (C=O) groups excluding carboxylic acids is 1. The zero-order valence-corrected chi connectivity index (χ0v) is 14.9. The predicted octanol–water partition coefficient (Wildman–Crippen LogP) is 0.323. The van der Waals surface area contributed by atoms with Crippen LogP contribution in [0.4, 0.5) is 5.82 Å². The van der Waals surface area contributed by atoms with E-state index in [-0.39, 0.29) is 17.0 Å². The lowest BCUT2D eigenvalue weighted by Crippen LogP contribution is -2.50. The number of piperazine rings is 1. The van der Waals surface area contributed by atoms with Crippen LogP contribution in [0.5, 0.6) is 0 Å². The van der Waals surface area contributed by atoms with Crippen molar-refractivity contribution in [3.05, 3.63) is 65.4 Å². The molecule has 0 N–H and O–H groups in total. The zero-order valence-electron chi connectivity index (χ0n) is 14.9. The summed E-state index contributed by atoms with van der Waals surface area (Å²) in [4.78, 5) is 41.3. The Labute approximate surface area is 155 Å². The van der Waals surface area contributed by atoms with E-state index in [2.05, 4.69) is 19.9 Å². The van der Waals surface area contributed by atoms with Crippen LogP contribution < -0.4 is 10.5 Å². The maximum atomic E-state index is 12.7. The largest absolute Gasteiger partial charge is 0.353 e. The molecule has 138 valence electrons. The Balaban J connectivity index is 1.46. The van der Waals surface area contributed by atoms with Gasteiger partial charge in [0.15, 0.2) is 0 Å². The summed E-state index contributed by atoms with van der Waals surface area (Å²) in [6.45, 7) is 2.33. The van der Waals surface area contributed by atoms with Gasteiger partial charge in [0, 0.05) is 57.9 Å². The SMILES string of the molecule is Cn1cccc(C(=O)N2CCN(c3cc(-n4ccnc4)ncn3)CC2)c1=O. The van der Waals surface area contributed by atoms with Crippen molar-refractivity contribution in [1.29, 1.82) is 0 Å². The fourth-order valence-electron chi connectivity index (χ4n) is 3.12. The number of pyridine rings is 1. The summed E-state index contributed by atoms with van der Waals surface area (Å²) in [5.74, 6) is 1.32. The smallest absolute Gasteiger partial charge is 0.263 e. The summed E-state index contributed by atoms with van der Waals surface area (Å²) in [5.41, 5.74) is -0.0661. The molecule has 0 atom stereocenters. The van der Waals surface area contributed by atoms with Crippen molar-refractivity contribution in [1.82, 2.24) is 29.0 Å². The minimum atomic E-state index is -0.272. The second-order valence-corrected chi connectivity index (χ2v) is 6.32. The summed E-state index contributed by atoms with van der Waals surface area (Å²) in [5, 5.41) is 0. The summed E-state index contributed by atoms with van der Waals surface area (Å²) < 4.78 is 3.23. The van der Waals surface area contributed by atoms with Gasteiger partial charge in [0.2, 0.25) is 0 Å². The van der Waals surface area contributed by atoms with Crippen LogP contribution >= 0.6 is 0 Å². The van der Waals surface area contributed by atoms with Crippen molar-refractivity contribution in [2.24, 2.45) is 7.05 Å². The third-order valence-corrected chi connectivity index (χ3v) is 4.65. The van der Waals surface area contributed by atoms with Crippen LogP contribution in [0.2, 0.25) is 0 Å². The molecule has 0 saturated carbocycles. The lowest BCUT2D eigenvalue weighted by atomic mass is 10.2. The molecular formula is C18H19N7O2. The summed E-state index contributed by atoms with van der Waals surface area (Å²) >= 11 is 0. The predicted molar refractivity (Wildman–Crippen MR) is 99.0 cm³/mol. The molecule has 0 aliphatic carbocycles. The number of aromatic nitrogens is 5. The molecule has 1 amide bonds. The van der Waals surface area contributed by atoms with Crippen LogP contribution in [0.3, 0.4) is 0 Å². The molecule has 9 heteroatoms. The molecule has 0 unspecified atom stereocenters. The third-order valence-electron chi connectivity index (χ3n) is 4.65. The lowest BCUT2D eigenvalue weighted by molar-refractivity contribution is 0.0744. The van der Waals surface area contributed by atoms with Crippen molar-refractivity contribution in [3.8, 4) is 5.82 Å². The second kappa shape index (κ2) is 7.02. The number of carbonyl (C=O) groups is 1. The number of nitrogens with zero attached hydrogens (tertiary/aromatic N) is 7. The number of hydrogen-bond acceptors (Lipinski definition) is 6. The number of anilines is 1. The topological polar surface area (TPSA) is 89.2 Å². The Morgan fingerprint density at radius 1 is 1.07 bits per heavy atom. The lowest BCUT2D eigenvalue weighted by Gasteiger charge is -2.35. The summed E-state index contributed by atoms with van der Waals surface area (Å²) in [6, 6.07) is 5.19. The molecule has 4 rings (SSSR count). The Bertz CT molecular complexity index is 1000. The number of amides is 1.